The van der Waals surface area contributed by atoms with Gasteiger partial charge in [-0.3, -0.25) is 0 Å². The predicted octanol–water partition coefficient (Wildman–Crippen LogP) is 2.94. The molecule has 5 nitrogen and oxygen atoms in total. The molecule has 22 heavy (non-hydrogen) atoms. The molecule has 0 amide bonds. The summed E-state index contributed by atoms with van der Waals surface area (Å²) in [4.78, 5) is 24.2. The monoisotopic (exact) mass is 300 g/mol. The molecule has 2 aromatic rings. The van der Waals surface area contributed by atoms with Crippen LogP contribution in [0.1, 0.15) is 26.3 Å². The van der Waals surface area contributed by atoms with Crippen LogP contribution in [0.15, 0.2) is 36.4 Å². The summed E-state index contributed by atoms with van der Waals surface area (Å²) < 4.78 is 9.56. The van der Waals surface area contributed by atoms with E-state index in [9.17, 15) is 14.7 Å². The van der Waals surface area contributed by atoms with E-state index in [0.717, 1.165) is 0 Å². The van der Waals surface area contributed by atoms with Crippen molar-refractivity contribution >= 4 is 11.9 Å². The van der Waals surface area contributed by atoms with E-state index in [1.165, 1.54) is 20.3 Å². The van der Waals surface area contributed by atoms with Crippen molar-refractivity contribution in [3.8, 4) is 16.9 Å². The van der Waals surface area contributed by atoms with Crippen LogP contribution in [0.4, 0.5) is 0 Å². The topological polar surface area (TPSA) is 72.8 Å². The second kappa shape index (κ2) is 6.30. The number of methoxy groups -OCH3 is 2. The molecule has 0 bridgehead atoms. The van der Waals surface area contributed by atoms with Gasteiger partial charge in [0.15, 0.2) is 0 Å². The maximum absolute atomic E-state index is 12.2. The Labute approximate surface area is 128 Å². The molecule has 0 aromatic heterocycles. The Bertz CT molecular complexity index is 720. The zero-order valence-corrected chi connectivity index (χ0v) is 12.5. The highest BCUT2D eigenvalue weighted by Crippen LogP contribution is 2.35. The van der Waals surface area contributed by atoms with E-state index >= 15 is 0 Å². The molecular formula is C17H16O5. The fourth-order valence-corrected chi connectivity index (χ4v) is 2.30. The van der Waals surface area contributed by atoms with Crippen LogP contribution in [0.5, 0.6) is 5.75 Å². The van der Waals surface area contributed by atoms with E-state index < -0.39 is 11.9 Å². The summed E-state index contributed by atoms with van der Waals surface area (Å²) in [5.41, 5.74) is 1.64. The molecule has 5 heteroatoms. The summed E-state index contributed by atoms with van der Waals surface area (Å²) in [5, 5.41) is 10.0. The lowest BCUT2D eigenvalue weighted by Gasteiger charge is -2.16. The number of phenolic OH excluding ortho intramolecular Hbond substituents is 1. The lowest BCUT2D eigenvalue weighted by molar-refractivity contribution is 0.0599. The first kappa shape index (κ1) is 15.6. The van der Waals surface area contributed by atoms with Gasteiger partial charge in [0.2, 0.25) is 0 Å². The van der Waals surface area contributed by atoms with Crippen molar-refractivity contribution < 1.29 is 24.2 Å². The first-order valence-corrected chi connectivity index (χ1v) is 6.59. The van der Waals surface area contributed by atoms with E-state index in [4.69, 9.17) is 9.47 Å². The Morgan fingerprint density at radius 2 is 1.59 bits per heavy atom. The molecule has 0 atom stereocenters. The van der Waals surface area contributed by atoms with Crippen LogP contribution in [-0.4, -0.2) is 31.3 Å². The van der Waals surface area contributed by atoms with Crippen LogP contribution in [0.3, 0.4) is 0 Å². The number of esters is 2. The SMILES string of the molecule is COC(=O)c1cc(O)c(C)c(C(=O)OC)c1-c1ccccc1. The predicted molar refractivity (Wildman–Crippen MR) is 81.0 cm³/mol. The highest BCUT2D eigenvalue weighted by atomic mass is 16.5. The maximum Gasteiger partial charge on any atom is 0.338 e. The quantitative estimate of drug-likeness (QED) is 0.882. The fourth-order valence-electron chi connectivity index (χ4n) is 2.30. The van der Waals surface area contributed by atoms with Gasteiger partial charge in [0, 0.05) is 11.1 Å². The fraction of sp³-hybridized carbons (Fsp3) is 0.176. The van der Waals surface area contributed by atoms with Crippen LogP contribution in [0, 0.1) is 6.92 Å². The van der Waals surface area contributed by atoms with Crippen molar-refractivity contribution in [3.05, 3.63) is 53.1 Å². The number of hydrogen-bond acceptors (Lipinski definition) is 5. The molecular weight excluding hydrogens is 284 g/mol. The Hall–Kier alpha value is -2.82. The molecule has 0 unspecified atom stereocenters. The van der Waals surface area contributed by atoms with E-state index in [-0.39, 0.29) is 16.9 Å². The minimum absolute atomic E-state index is 0.109. The van der Waals surface area contributed by atoms with Crippen LogP contribution >= 0.6 is 0 Å². The lowest BCUT2D eigenvalue weighted by atomic mass is 9.90. The third-order valence-electron chi connectivity index (χ3n) is 3.42. The molecule has 0 radical (unpaired) electrons. The van der Waals surface area contributed by atoms with Gasteiger partial charge in [0.25, 0.3) is 0 Å². The second-order valence-corrected chi connectivity index (χ2v) is 4.67. The number of ether oxygens (including phenoxy) is 2. The molecule has 0 aliphatic rings. The average molecular weight is 300 g/mol. The maximum atomic E-state index is 12.2. The van der Waals surface area contributed by atoms with Crippen LogP contribution < -0.4 is 0 Å². The molecule has 0 saturated heterocycles. The molecule has 114 valence electrons. The molecule has 0 heterocycles. The molecule has 0 fully saturated rings. The van der Waals surface area contributed by atoms with Crippen molar-refractivity contribution in [2.45, 2.75) is 6.92 Å². The van der Waals surface area contributed by atoms with Gasteiger partial charge in [-0.1, -0.05) is 30.3 Å². The number of phenols is 1. The lowest BCUT2D eigenvalue weighted by Crippen LogP contribution is -2.12. The smallest absolute Gasteiger partial charge is 0.338 e. The van der Waals surface area contributed by atoms with Crippen molar-refractivity contribution in [1.82, 2.24) is 0 Å². The number of aromatic hydroxyl groups is 1. The Kier molecular flexibility index (Phi) is 4.46. The zero-order chi connectivity index (χ0) is 16.3. The number of hydrogen-bond donors (Lipinski definition) is 1. The Morgan fingerprint density at radius 1 is 1.00 bits per heavy atom. The third-order valence-corrected chi connectivity index (χ3v) is 3.42. The van der Waals surface area contributed by atoms with Crippen molar-refractivity contribution in [2.24, 2.45) is 0 Å². The van der Waals surface area contributed by atoms with E-state index in [1.54, 1.807) is 31.2 Å². The van der Waals surface area contributed by atoms with Crippen molar-refractivity contribution in [1.29, 1.82) is 0 Å². The van der Waals surface area contributed by atoms with Crippen molar-refractivity contribution in [2.75, 3.05) is 14.2 Å². The third kappa shape index (κ3) is 2.65. The van der Waals surface area contributed by atoms with Gasteiger partial charge >= 0.3 is 11.9 Å². The summed E-state index contributed by atoms with van der Waals surface area (Å²) >= 11 is 0. The largest absolute Gasteiger partial charge is 0.508 e. The van der Waals surface area contributed by atoms with Crippen LogP contribution in [-0.2, 0) is 9.47 Å². The van der Waals surface area contributed by atoms with Gasteiger partial charge in [-0.2, -0.15) is 0 Å². The number of carbonyl (C=O) groups excluding carboxylic acids is 2. The molecule has 1 N–H and O–H groups in total. The van der Waals surface area contributed by atoms with Gasteiger partial charge in [-0.05, 0) is 18.6 Å². The first-order chi connectivity index (χ1) is 10.5. The number of carbonyl (C=O) groups is 2. The number of benzene rings is 2. The Morgan fingerprint density at radius 3 is 2.14 bits per heavy atom. The minimum atomic E-state index is -0.640. The van der Waals surface area contributed by atoms with E-state index in [0.29, 0.717) is 16.7 Å². The van der Waals surface area contributed by atoms with Crippen molar-refractivity contribution in [3.63, 3.8) is 0 Å². The van der Waals surface area contributed by atoms with Gasteiger partial charge in [0.1, 0.15) is 5.75 Å². The molecule has 0 spiro atoms. The minimum Gasteiger partial charge on any atom is -0.508 e. The van der Waals surface area contributed by atoms with Crippen LogP contribution in [0.2, 0.25) is 0 Å². The number of rotatable bonds is 3. The molecule has 2 aromatic carbocycles. The molecule has 0 aliphatic heterocycles. The molecule has 0 saturated carbocycles. The van der Waals surface area contributed by atoms with Gasteiger partial charge in [-0.25, -0.2) is 9.59 Å². The van der Waals surface area contributed by atoms with E-state index in [1.807, 2.05) is 6.07 Å². The summed E-state index contributed by atoms with van der Waals surface area (Å²) in [6.07, 6.45) is 0. The summed E-state index contributed by atoms with van der Waals surface area (Å²) in [6, 6.07) is 10.2. The summed E-state index contributed by atoms with van der Waals surface area (Å²) in [5.74, 6) is -1.43. The van der Waals surface area contributed by atoms with Gasteiger partial charge < -0.3 is 14.6 Å². The van der Waals surface area contributed by atoms with E-state index in [2.05, 4.69) is 0 Å². The standard InChI is InChI=1S/C17H16O5/c1-10-13(18)9-12(16(19)21-2)15(14(10)17(20)22-3)11-7-5-4-6-8-11/h4-9,18H,1-3H3. The van der Waals surface area contributed by atoms with Gasteiger partial charge in [-0.15, -0.1) is 0 Å². The molecule has 0 aliphatic carbocycles. The Balaban J connectivity index is 2.89. The van der Waals surface area contributed by atoms with Gasteiger partial charge in [0.05, 0.1) is 25.3 Å². The highest BCUT2D eigenvalue weighted by Gasteiger charge is 2.26. The zero-order valence-electron chi connectivity index (χ0n) is 12.5. The highest BCUT2D eigenvalue weighted by molar-refractivity contribution is 6.07. The van der Waals surface area contributed by atoms with Crippen LogP contribution in [0.25, 0.3) is 11.1 Å². The normalized spacial score (nSPS) is 10.1. The average Bonchev–Trinajstić information content (AvgIpc) is 2.56. The molecule has 2 rings (SSSR count). The summed E-state index contributed by atoms with van der Waals surface area (Å²) in [7, 11) is 2.49. The second-order valence-electron chi connectivity index (χ2n) is 4.67. The summed E-state index contributed by atoms with van der Waals surface area (Å²) in [6.45, 7) is 1.59. The first-order valence-electron chi connectivity index (χ1n) is 6.59.